The number of para-hydroxylation sites is 1. The van der Waals surface area contributed by atoms with Gasteiger partial charge >= 0.3 is 0 Å². The number of aromatic nitrogens is 1. The van der Waals surface area contributed by atoms with Gasteiger partial charge in [0.1, 0.15) is 5.52 Å². The van der Waals surface area contributed by atoms with Crippen LogP contribution in [0.25, 0.3) is 11.1 Å². The number of amides is 1. The zero-order chi connectivity index (χ0) is 17.6. The van der Waals surface area contributed by atoms with Crippen molar-refractivity contribution >= 4 is 23.0 Å². The van der Waals surface area contributed by atoms with Gasteiger partial charge in [-0.1, -0.05) is 6.07 Å². The topological polar surface area (TPSA) is 61.6 Å². The van der Waals surface area contributed by atoms with Crippen molar-refractivity contribution < 1.29 is 9.21 Å². The molecule has 3 fully saturated rings. The highest BCUT2D eigenvalue weighted by molar-refractivity contribution is 6.04. The van der Waals surface area contributed by atoms with Gasteiger partial charge in [-0.3, -0.25) is 9.69 Å². The normalized spacial score (nSPS) is 25.5. The molecule has 0 saturated carbocycles. The van der Waals surface area contributed by atoms with E-state index in [2.05, 4.69) is 29.0 Å². The monoisotopic (exact) mass is 342 g/mol. The predicted octanol–water partition coefficient (Wildman–Crippen LogP) is 2.84. The van der Waals surface area contributed by atoms with Gasteiger partial charge in [-0.25, -0.2) is 0 Å². The van der Waals surface area contributed by atoms with Crippen molar-refractivity contribution in [2.24, 2.45) is 5.92 Å². The highest BCUT2D eigenvalue weighted by atomic mass is 16.4. The molecule has 3 saturated heterocycles. The summed E-state index contributed by atoms with van der Waals surface area (Å²) >= 11 is 0. The minimum Gasteiger partial charge on any atom is -0.423 e. The van der Waals surface area contributed by atoms with E-state index in [9.17, 15) is 4.79 Å². The first-order chi connectivity index (χ1) is 12.0. The Bertz CT molecular complexity index is 777. The fourth-order valence-corrected chi connectivity index (χ4v) is 3.84. The molecule has 0 unspecified atom stereocenters. The van der Waals surface area contributed by atoms with Gasteiger partial charge < -0.3 is 14.6 Å². The van der Waals surface area contributed by atoms with E-state index in [1.807, 2.05) is 30.1 Å². The number of nitrogens with one attached hydrogen (secondary N) is 1. The number of carbonyl (C=O) groups is 1. The smallest absolute Gasteiger partial charge is 0.298 e. The molecule has 2 aromatic rings. The number of nitrogens with zero attached hydrogens (tertiary/aromatic N) is 3. The van der Waals surface area contributed by atoms with Crippen molar-refractivity contribution in [3.63, 3.8) is 0 Å². The van der Waals surface area contributed by atoms with Crippen LogP contribution in [0, 0.1) is 5.92 Å². The lowest BCUT2D eigenvalue weighted by atomic mass is 9.86. The Morgan fingerprint density at radius 3 is 2.76 bits per heavy atom. The number of anilines is 1. The standard InChI is InChI=1S/C19H26N4O2/c1-12(2)22(3)19-21-17-14(5-4-6-15(17)25-19)18(24)20-16-11-13-7-9-23(16)10-8-13/h4-6,12-13,16H,7-11H2,1-3H3,(H,20,24)/t16-/m0/s1. The minimum absolute atomic E-state index is 0.0600. The van der Waals surface area contributed by atoms with E-state index in [0.717, 1.165) is 25.4 Å². The van der Waals surface area contributed by atoms with E-state index < -0.39 is 0 Å². The zero-order valence-electron chi connectivity index (χ0n) is 15.2. The maximum Gasteiger partial charge on any atom is 0.298 e. The van der Waals surface area contributed by atoms with Gasteiger partial charge in [0.2, 0.25) is 0 Å². The Balaban J connectivity index is 1.59. The Hall–Kier alpha value is -2.08. The number of hydrogen-bond acceptors (Lipinski definition) is 5. The predicted molar refractivity (Wildman–Crippen MR) is 97.7 cm³/mol. The molecule has 0 spiro atoms. The van der Waals surface area contributed by atoms with Crippen LogP contribution in [-0.2, 0) is 0 Å². The molecule has 1 aromatic heterocycles. The Labute approximate surface area is 148 Å². The summed E-state index contributed by atoms with van der Waals surface area (Å²) in [5.41, 5.74) is 1.88. The summed E-state index contributed by atoms with van der Waals surface area (Å²) in [6.45, 7) is 6.34. The molecule has 5 rings (SSSR count). The average molecular weight is 342 g/mol. The molecule has 3 aliphatic heterocycles. The van der Waals surface area contributed by atoms with Crippen LogP contribution in [0.3, 0.4) is 0 Å². The third-order valence-corrected chi connectivity index (χ3v) is 5.67. The lowest BCUT2D eigenvalue weighted by Crippen LogP contribution is -2.56. The van der Waals surface area contributed by atoms with Crippen LogP contribution in [0.2, 0.25) is 0 Å². The fourth-order valence-electron chi connectivity index (χ4n) is 3.84. The molecule has 1 amide bonds. The zero-order valence-corrected chi connectivity index (χ0v) is 15.2. The second-order valence-corrected chi connectivity index (χ2v) is 7.56. The van der Waals surface area contributed by atoms with Crippen LogP contribution in [0.15, 0.2) is 22.6 Å². The molecule has 6 nitrogen and oxygen atoms in total. The van der Waals surface area contributed by atoms with E-state index in [0.29, 0.717) is 22.7 Å². The van der Waals surface area contributed by atoms with Crippen molar-refractivity contribution in [2.45, 2.75) is 45.3 Å². The van der Waals surface area contributed by atoms with Crippen LogP contribution in [0.5, 0.6) is 0 Å². The van der Waals surface area contributed by atoms with Crippen LogP contribution < -0.4 is 10.2 Å². The van der Waals surface area contributed by atoms with E-state index in [1.54, 1.807) is 0 Å². The summed E-state index contributed by atoms with van der Waals surface area (Å²) in [5, 5.41) is 3.21. The summed E-state index contributed by atoms with van der Waals surface area (Å²) < 4.78 is 5.85. The third-order valence-electron chi connectivity index (χ3n) is 5.67. The van der Waals surface area contributed by atoms with Gasteiger partial charge in [0.25, 0.3) is 11.9 Å². The lowest BCUT2D eigenvalue weighted by Gasteiger charge is -2.45. The average Bonchev–Trinajstić information content (AvgIpc) is 3.06. The molecule has 25 heavy (non-hydrogen) atoms. The Morgan fingerprint density at radius 1 is 1.36 bits per heavy atom. The highest BCUT2D eigenvalue weighted by Gasteiger charge is 2.34. The summed E-state index contributed by atoms with van der Waals surface area (Å²) in [5.74, 6) is 0.694. The van der Waals surface area contributed by atoms with Crippen LogP contribution >= 0.6 is 0 Å². The molecule has 4 heterocycles. The van der Waals surface area contributed by atoms with E-state index in [-0.39, 0.29) is 18.1 Å². The number of piperidine rings is 3. The van der Waals surface area contributed by atoms with Gasteiger partial charge in [0.15, 0.2) is 5.58 Å². The molecular weight excluding hydrogens is 316 g/mol. The van der Waals surface area contributed by atoms with E-state index >= 15 is 0 Å². The van der Waals surface area contributed by atoms with Gasteiger partial charge in [-0.15, -0.1) is 0 Å². The number of oxazole rings is 1. The molecule has 1 atom stereocenters. The molecule has 0 aliphatic carbocycles. The van der Waals surface area contributed by atoms with Crippen LogP contribution in [-0.4, -0.2) is 48.1 Å². The maximum absolute atomic E-state index is 12.9. The van der Waals surface area contributed by atoms with Crippen LogP contribution in [0.1, 0.15) is 43.5 Å². The first-order valence-electron chi connectivity index (χ1n) is 9.20. The Kier molecular flexibility index (Phi) is 4.15. The minimum atomic E-state index is -0.0600. The number of fused-ring (bicyclic) bond motifs is 4. The first kappa shape index (κ1) is 16.4. The molecule has 6 heteroatoms. The summed E-state index contributed by atoms with van der Waals surface area (Å²) in [6, 6.07) is 6.37. The van der Waals surface area contributed by atoms with Crippen molar-refractivity contribution in [1.82, 2.24) is 15.2 Å². The summed E-state index contributed by atoms with van der Waals surface area (Å²) in [6.07, 6.45) is 3.73. The number of carbonyl (C=O) groups excluding carboxylic acids is 1. The van der Waals surface area contributed by atoms with Crippen molar-refractivity contribution in [2.75, 3.05) is 25.0 Å². The molecule has 1 aromatic carbocycles. The van der Waals surface area contributed by atoms with Gasteiger partial charge in [0, 0.05) is 26.2 Å². The fraction of sp³-hybridized carbons (Fsp3) is 0.579. The van der Waals surface area contributed by atoms with E-state index in [1.165, 1.54) is 12.8 Å². The summed E-state index contributed by atoms with van der Waals surface area (Å²) in [7, 11) is 1.95. The molecule has 0 radical (unpaired) electrons. The Morgan fingerprint density at radius 2 is 2.12 bits per heavy atom. The van der Waals surface area contributed by atoms with Crippen molar-refractivity contribution in [1.29, 1.82) is 0 Å². The van der Waals surface area contributed by atoms with Gasteiger partial charge in [-0.2, -0.15) is 4.98 Å². The van der Waals surface area contributed by atoms with Crippen molar-refractivity contribution in [3.8, 4) is 0 Å². The lowest BCUT2D eigenvalue weighted by molar-refractivity contribution is 0.0295. The van der Waals surface area contributed by atoms with Gasteiger partial charge in [-0.05, 0) is 51.2 Å². The van der Waals surface area contributed by atoms with E-state index in [4.69, 9.17) is 4.42 Å². The number of hydrogen-bond donors (Lipinski definition) is 1. The van der Waals surface area contributed by atoms with Gasteiger partial charge in [0.05, 0.1) is 11.7 Å². The molecule has 3 aliphatic rings. The molecule has 2 bridgehead atoms. The molecule has 1 N–H and O–H groups in total. The second kappa shape index (κ2) is 6.33. The quantitative estimate of drug-likeness (QED) is 0.926. The second-order valence-electron chi connectivity index (χ2n) is 7.56. The highest BCUT2D eigenvalue weighted by Crippen LogP contribution is 2.31. The molecular formula is C19H26N4O2. The molecule has 134 valence electrons. The number of rotatable bonds is 4. The van der Waals surface area contributed by atoms with Crippen LogP contribution in [0.4, 0.5) is 6.01 Å². The van der Waals surface area contributed by atoms with Crippen molar-refractivity contribution in [3.05, 3.63) is 23.8 Å². The third kappa shape index (κ3) is 2.99. The first-order valence-corrected chi connectivity index (χ1v) is 9.20. The summed E-state index contributed by atoms with van der Waals surface area (Å²) in [4.78, 5) is 21.8. The largest absolute Gasteiger partial charge is 0.423 e. The maximum atomic E-state index is 12.9. The SMILES string of the molecule is CC(C)N(C)c1nc2c(C(=O)N[C@@H]3CC4CCN3CC4)cccc2o1. The number of benzene rings is 1.